The molecular weight excluding hydrogens is 376 g/mol. The van der Waals surface area contributed by atoms with Crippen LogP contribution >= 0.6 is 11.8 Å². The number of carbonyl (C=O) groups is 2. The fraction of sp³-hybridized carbons (Fsp3) is 0.0588. The Morgan fingerprint density at radius 1 is 1.08 bits per heavy atom. The Labute approximate surface area is 155 Å². The second-order valence-corrected chi connectivity index (χ2v) is 7.71. The number of rotatable bonds is 7. The van der Waals surface area contributed by atoms with E-state index in [1.54, 1.807) is 24.3 Å². The van der Waals surface area contributed by atoms with E-state index < -0.39 is 21.9 Å². The Morgan fingerprint density at radius 3 is 2.23 bits per heavy atom. The smallest absolute Gasteiger partial charge is 0.342 e. The standard InChI is InChI=1S/C17H16N2O5S2/c18-26(23,24)14-8-6-13(7-9-14)19-16(20)11-25-15(17(21)22)10-12-4-2-1-3-5-12/h1-10H,11H2,(H,19,20)(H,21,22)(H2,18,23,24)/b15-10+. The number of thioether (sulfide) groups is 1. The molecule has 0 fully saturated rings. The van der Waals surface area contributed by atoms with Crippen LogP contribution in [0.1, 0.15) is 5.56 Å². The van der Waals surface area contributed by atoms with Crippen LogP contribution < -0.4 is 10.5 Å². The number of sulfonamides is 1. The number of carboxylic acid groups (broad SMARTS) is 1. The Balaban J connectivity index is 1.98. The zero-order valence-electron chi connectivity index (χ0n) is 13.5. The topological polar surface area (TPSA) is 127 Å². The zero-order chi connectivity index (χ0) is 19.2. The van der Waals surface area contributed by atoms with Crippen molar-refractivity contribution in [2.45, 2.75) is 4.90 Å². The molecule has 4 N–H and O–H groups in total. The number of anilines is 1. The summed E-state index contributed by atoms with van der Waals surface area (Å²) in [5, 5.41) is 16.8. The quantitative estimate of drug-likeness (QED) is 0.620. The molecule has 0 atom stereocenters. The number of hydrogen-bond acceptors (Lipinski definition) is 5. The van der Waals surface area contributed by atoms with Gasteiger partial charge >= 0.3 is 5.97 Å². The van der Waals surface area contributed by atoms with Crippen molar-refractivity contribution in [3.63, 3.8) is 0 Å². The molecule has 1 amide bonds. The van der Waals surface area contributed by atoms with Crippen LogP contribution in [-0.4, -0.2) is 31.2 Å². The molecule has 0 aromatic heterocycles. The highest BCUT2D eigenvalue weighted by Crippen LogP contribution is 2.20. The van der Waals surface area contributed by atoms with Crippen molar-refractivity contribution in [2.24, 2.45) is 5.14 Å². The maximum atomic E-state index is 12.0. The lowest BCUT2D eigenvalue weighted by molar-refractivity contribution is -0.131. The number of primary sulfonamides is 1. The van der Waals surface area contributed by atoms with E-state index in [4.69, 9.17) is 5.14 Å². The molecule has 0 heterocycles. The van der Waals surface area contributed by atoms with Gasteiger partial charge in [0.2, 0.25) is 15.9 Å². The molecule has 0 bridgehead atoms. The number of carbonyl (C=O) groups excluding carboxylic acids is 1. The monoisotopic (exact) mass is 392 g/mol. The molecule has 0 aliphatic carbocycles. The normalized spacial score (nSPS) is 11.8. The number of amides is 1. The van der Waals surface area contributed by atoms with E-state index in [1.165, 1.54) is 30.3 Å². The van der Waals surface area contributed by atoms with E-state index in [9.17, 15) is 23.1 Å². The number of nitrogens with one attached hydrogen (secondary N) is 1. The van der Waals surface area contributed by atoms with E-state index in [0.29, 0.717) is 5.69 Å². The van der Waals surface area contributed by atoms with Gasteiger partial charge in [-0.3, -0.25) is 4.79 Å². The highest BCUT2D eigenvalue weighted by Gasteiger charge is 2.12. The summed E-state index contributed by atoms with van der Waals surface area (Å²) in [6, 6.07) is 14.3. The van der Waals surface area contributed by atoms with Crippen LogP contribution in [0.3, 0.4) is 0 Å². The third-order valence-corrected chi connectivity index (χ3v) is 5.07. The predicted octanol–water partition coefficient (Wildman–Crippen LogP) is 2.13. The van der Waals surface area contributed by atoms with Crippen LogP contribution in [0.25, 0.3) is 6.08 Å². The van der Waals surface area contributed by atoms with Gasteiger partial charge < -0.3 is 10.4 Å². The predicted molar refractivity (Wildman–Crippen MR) is 101 cm³/mol. The summed E-state index contributed by atoms with van der Waals surface area (Å²) in [4.78, 5) is 23.3. The summed E-state index contributed by atoms with van der Waals surface area (Å²) in [5.74, 6) is -1.65. The second-order valence-electron chi connectivity index (χ2n) is 5.13. The molecule has 2 aromatic carbocycles. The Bertz CT molecular complexity index is 923. The molecule has 0 unspecified atom stereocenters. The Morgan fingerprint density at radius 2 is 1.69 bits per heavy atom. The Hall–Kier alpha value is -2.62. The van der Waals surface area contributed by atoms with Gasteiger partial charge in [-0.25, -0.2) is 18.4 Å². The average molecular weight is 392 g/mol. The first-order valence-electron chi connectivity index (χ1n) is 7.31. The minimum absolute atomic E-state index is 0.0379. The summed E-state index contributed by atoms with van der Waals surface area (Å²) >= 11 is 0.893. The maximum Gasteiger partial charge on any atom is 0.342 e. The van der Waals surface area contributed by atoms with Gasteiger partial charge in [0.05, 0.1) is 15.6 Å². The van der Waals surface area contributed by atoms with Crippen LogP contribution in [-0.2, 0) is 19.6 Å². The fourth-order valence-electron chi connectivity index (χ4n) is 1.93. The van der Waals surface area contributed by atoms with Gasteiger partial charge in [0.1, 0.15) is 0 Å². The molecule has 2 aromatic rings. The van der Waals surface area contributed by atoms with Gasteiger partial charge in [0.25, 0.3) is 0 Å². The molecule has 136 valence electrons. The molecular formula is C17H16N2O5S2. The van der Waals surface area contributed by atoms with E-state index in [-0.39, 0.29) is 15.6 Å². The molecule has 7 nitrogen and oxygen atoms in total. The molecule has 0 aliphatic rings. The van der Waals surface area contributed by atoms with E-state index in [2.05, 4.69) is 5.32 Å². The number of aliphatic carboxylic acids is 1. The molecule has 0 saturated carbocycles. The summed E-state index contributed by atoms with van der Waals surface area (Å²) in [6.07, 6.45) is 1.49. The molecule has 9 heteroatoms. The van der Waals surface area contributed by atoms with Crippen LogP contribution in [0.4, 0.5) is 5.69 Å². The lowest BCUT2D eigenvalue weighted by Crippen LogP contribution is -2.15. The van der Waals surface area contributed by atoms with Gasteiger partial charge in [0, 0.05) is 5.69 Å². The van der Waals surface area contributed by atoms with Crippen molar-refractivity contribution in [3.8, 4) is 0 Å². The van der Waals surface area contributed by atoms with Gasteiger partial charge in [-0.1, -0.05) is 30.3 Å². The first kappa shape index (κ1) is 19.7. The molecule has 0 aliphatic heterocycles. The van der Waals surface area contributed by atoms with E-state index in [1.807, 2.05) is 6.07 Å². The summed E-state index contributed by atoms with van der Waals surface area (Å²) < 4.78 is 22.4. The lowest BCUT2D eigenvalue weighted by Gasteiger charge is -2.06. The summed E-state index contributed by atoms with van der Waals surface area (Å²) in [5.41, 5.74) is 1.10. The molecule has 26 heavy (non-hydrogen) atoms. The summed E-state index contributed by atoms with van der Waals surface area (Å²) in [7, 11) is -3.80. The van der Waals surface area contributed by atoms with Crippen LogP contribution in [0.2, 0.25) is 0 Å². The second kappa shape index (κ2) is 8.65. The molecule has 0 spiro atoms. The van der Waals surface area contributed by atoms with Crippen molar-refractivity contribution in [2.75, 3.05) is 11.1 Å². The largest absolute Gasteiger partial charge is 0.477 e. The van der Waals surface area contributed by atoms with Crippen molar-refractivity contribution in [1.29, 1.82) is 0 Å². The van der Waals surface area contributed by atoms with Crippen molar-refractivity contribution in [1.82, 2.24) is 0 Å². The first-order chi connectivity index (χ1) is 12.3. The van der Waals surface area contributed by atoms with Crippen molar-refractivity contribution >= 4 is 45.4 Å². The van der Waals surface area contributed by atoms with Crippen molar-refractivity contribution in [3.05, 3.63) is 65.1 Å². The molecule has 0 saturated heterocycles. The Kier molecular flexibility index (Phi) is 6.56. The van der Waals surface area contributed by atoms with Crippen LogP contribution in [0.5, 0.6) is 0 Å². The zero-order valence-corrected chi connectivity index (χ0v) is 15.1. The molecule has 2 rings (SSSR count). The number of carboxylic acids is 1. The third-order valence-electron chi connectivity index (χ3n) is 3.13. The first-order valence-corrected chi connectivity index (χ1v) is 9.84. The summed E-state index contributed by atoms with van der Waals surface area (Å²) in [6.45, 7) is 0. The highest BCUT2D eigenvalue weighted by atomic mass is 32.2. The third kappa shape index (κ3) is 6.03. The minimum atomic E-state index is -3.80. The number of hydrogen-bond donors (Lipinski definition) is 3. The SMILES string of the molecule is NS(=O)(=O)c1ccc(NC(=O)CS/C(=C/c2ccccc2)C(=O)O)cc1. The average Bonchev–Trinajstić information content (AvgIpc) is 2.59. The van der Waals surface area contributed by atoms with Gasteiger partial charge in [0.15, 0.2) is 0 Å². The molecule has 0 radical (unpaired) electrons. The number of benzene rings is 2. The van der Waals surface area contributed by atoms with E-state index in [0.717, 1.165) is 17.3 Å². The highest BCUT2D eigenvalue weighted by molar-refractivity contribution is 8.04. The van der Waals surface area contributed by atoms with E-state index >= 15 is 0 Å². The van der Waals surface area contributed by atoms with Gasteiger partial charge in [-0.15, -0.1) is 11.8 Å². The maximum absolute atomic E-state index is 12.0. The van der Waals surface area contributed by atoms with Crippen LogP contribution in [0, 0.1) is 0 Å². The van der Waals surface area contributed by atoms with Crippen molar-refractivity contribution < 1.29 is 23.1 Å². The number of nitrogens with two attached hydrogens (primary N) is 1. The van der Waals surface area contributed by atoms with Gasteiger partial charge in [-0.2, -0.15) is 0 Å². The van der Waals surface area contributed by atoms with Gasteiger partial charge in [-0.05, 0) is 35.9 Å². The fourth-order valence-corrected chi connectivity index (χ4v) is 3.15. The lowest BCUT2D eigenvalue weighted by atomic mass is 10.2. The minimum Gasteiger partial charge on any atom is -0.477 e. The van der Waals surface area contributed by atoms with Crippen LogP contribution in [0.15, 0.2) is 64.4 Å².